The molecule has 0 fully saturated rings. The first-order chi connectivity index (χ1) is 9.31. The zero-order chi connectivity index (χ0) is 13.1. The Kier molecular flexibility index (Phi) is 3.76. The second kappa shape index (κ2) is 5.68. The highest BCUT2D eigenvalue weighted by atomic mass is 35.5. The maximum Gasteiger partial charge on any atom is 0.147 e. The molecule has 0 spiro atoms. The van der Waals surface area contributed by atoms with E-state index in [1.165, 1.54) is 11.1 Å². The summed E-state index contributed by atoms with van der Waals surface area (Å²) in [6, 6.07) is 8.72. The van der Waals surface area contributed by atoms with E-state index in [9.17, 15) is 0 Å². The van der Waals surface area contributed by atoms with Crippen LogP contribution in [0.2, 0.25) is 5.15 Å². The van der Waals surface area contributed by atoms with Gasteiger partial charge >= 0.3 is 0 Å². The summed E-state index contributed by atoms with van der Waals surface area (Å²) in [6.45, 7) is 2.99. The molecule has 1 aliphatic rings. The summed E-state index contributed by atoms with van der Waals surface area (Å²) >= 11 is 5.75. The van der Waals surface area contributed by atoms with Gasteiger partial charge in [-0.25, -0.2) is 4.98 Å². The van der Waals surface area contributed by atoms with Crippen molar-refractivity contribution in [2.45, 2.75) is 19.4 Å². The zero-order valence-electron chi connectivity index (χ0n) is 10.7. The van der Waals surface area contributed by atoms with Crippen LogP contribution in [0.15, 0.2) is 36.7 Å². The van der Waals surface area contributed by atoms with Gasteiger partial charge in [0, 0.05) is 19.6 Å². The number of hydrogen-bond donors (Lipinski definition) is 0. The van der Waals surface area contributed by atoms with Crippen LogP contribution in [0.4, 0.5) is 0 Å². The van der Waals surface area contributed by atoms with E-state index in [2.05, 4.69) is 39.1 Å². The second-order valence-corrected chi connectivity index (χ2v) is 5.26. The first kappa shape index (κ1) is 12.6. The molecule has 3 nitrogen and oxygen atoms in total. The van der Waals surface area contributed by atoms with Crippen molar-refractivity contribution in [2.75, 3.05) is 13.1 Å². The highest BCUT2D eigenvalue weighted by Gasteiger charge is 2.14. The topological polar surface area (TPSA) is 29.0 Å². The number of nitrogens with zero attached hydrogens (tertiary/aromatic N) is 3. The minimum absolute atomic E-state index is 0.451. The van der Waals surface area contributed by atoms with Gasteiger partial charge in [-0.15, -0.1) is 0 Å². The number of rotatable bonds is 2. The van der Waals surface area contributed by atoms with Gasteiger partial charge in [-0.05, 0) is 24.0 Å². The molecule has 0 amide bonds. The van der Waals surface area contributed by atoms with Crippen LogP contribution in [-0.4, -0.2) is 28.0 Å². The van der Waals surface area contributed by atoms with Crippen LogP contribution in [0.25, 0.3) is 0 Å². The van der Waals surface area contributed by atoms with E-state index in [1.807, 2.05) is 0 Å². The number of aromatic nitrogens is 2. The fourth-order valence-electron chi connectivity index (χ4n) is 2.52. The zero-order valence-corrected chi connectivity index (χ0v) is 11.5. The lowest BCUT2D eigenvalue weighted by Crippen LogP contribution is -2.26. The molecule has 0 radical (unpaired) electrons. The molecule has 4 heteroatoms. The van der Waals surface area contributed by atoms with Crippen LogP contribution < -0.4 is 0 Å². The largest absolute Gasteiger partial charge is 0.297 e. The van der Waals surface area contributed by atoms with Crippen molar-refractivity contribution in [1.82, 2.24) is 14.9 Å². The summed E-state index contributed by atoms with van der Waals surface area (Å²) in [5.41, 5.74) is 3.94. The van der Waals surface area contributed by atoms with Crippen LogP contribution in [0.3, 0.4) is 0 Å². The number of fused-ring (bicyclic) bond motifs is 1. The van der Waals surface area contributed by atoms with Crippen molar-refractivity contribution in [3.63, 3.8) is 0 Å². The van der Waals surface area contributed by atoms with E-state index >= 15 is 0 Å². The molecule has 1 aliphatic heterocycles. The van der Waals surface area contributed by atoms with Gasteiger partial charge < -0.3 is 0 Å². The molecule has 1 aromatic carbocycles. The summed E-state index contributed by atoms with van der Waals surface area (Å²) in [7, 11) is 0. The first-order valence-electron chi connectivity index (χ1n) is 6.57. The Labute approximate surface area is 118 Å². The average Bonchev–Trinajstić information content (AvgIpc) is 2.64. The van der Waals surface area contributed by atoms with Gasteiger partial charge in [-0.3, -0.25) is 9.88 Å². The molecule has 2 heterocycles. The molecule has 0 N–H and O–H groups in total. The number of halogens is 1. The van der Waals surface area contributed by atoms with Crippen molar-refractivity contribution >= 4 is 11.6 Å². The number of benzene rings is 1. The molecule has 3 rings (SSSR count). The lowest BCUT2D eigenvalue weighted by atomic mass is 10.0. The van der Waals surface area contributed by atoms with E-state index in [0.717, 1.165) is 38.2 Å². The molecular weight excluding hydrogens is 258 g/mol. The maximum absolute atomic E-state index is 5.75. The van der Waals surface area contributed by atoms with Gasteiger partial charge in [-0.1, -0.05) is 35.9 Å². The van der Waals surface area contributed by atoms with E-state index in [1.54, 1.807) is 12.4 Å². The molecule has 19 heavy (non-hydrogen) atoms. The first-order valence-corrected chi connectivity index (χ1v) is 6.94. The van der Waals surface area contributed by atoms with Gasteiger partial charge in [0.15, 0.2) is 0 Å². The molecule has 0 atom stereocenters. The molecule has 0 aliphatic carbocycles. The lowest BCUT2D eigenvalue weighted by Gasteiger charge is -2.18. The third kappa shape index (κ3) is 3.11. The van der Waals surface area contributed by atoms with Gasteiger partial charge in [0.05, 0.1) is 18.1 Å². The smallest absolute Gasteiger partial charge is 0.147 e. The standard InChI is InChI=1S/C15H16ClN3/c16-15-10-17-14(9-18-15)11-19-7-5-12-3-1-2-4-13(12)6-8-19/h1-4,9-10H,5-8,11H2. The predicted octanol–water partition coefficient (Wildman–Crippen LogP) is 2.73. The lowest BCUT2D eigenvalue weighted by molar-refractivity contribution is 0.275. The van der Waals surface area contributed by atoms with Crippen molar-refractivity contribution in [2.24, 2.45) is 0 Å². The molecule has 2 aromatic rings. The molecule has 0 saturated heterocycles. The van der Waals surface area contributed by atoms with Crippen molar-refractivity contribution in [1.29, 1.82) is 0 Å². The number of hydrogen-bond acceptors (Lipinski definition) is 3. The third-order valence-corrected chi connectivity index (χ3v) is 3.77. The molecule has 98 valence electrons. The summed E-state index contributed by atoms with van der Waals surface area (Å²) in [5.74, 6) is 0. The monoisotopic (exact) mass is 273 g/mol. The maximum atomic E-state index is 5.75. The van der Waals surface area contributed by atoms with Gasteiger partial charge in [0.1, 0.15) is 5.15 Å². The Morgan fingerprint density at radius 3 is 2.26 bits per heavy atom. The minimum atomic E-state index is 0.451. The second-order valence-electron chi connectivity index (χ2n) is 4.88. The molecule has 0 saturated carbocycles. The Hall–Kier alpha value is -1.45. The fourth-order valence-corrected chi connectivity index (χ4v) is 2.62. The molecular formula is C15H16ClN3. The molecule has 1 aromatic heterocycles. The van der Waals surface area contributed by atoms with Crippen LogP contribution in [-0.2, 0) is 19.4 Å². The SMILES string of the molecule is Clc1cnc(CN2CCc3ccccc3CC2)cn1. The molecule has 0 unspecified atom stereocenters. The quantitative estimate of drug-likeness (QED) is 0.842. The minimum Gasteiger partial charge on any atom is -0.297 e. The summed E-state index contributed by atoms with van der Waals surface area (Å²) in [6.07, 6.45) is 5.60. The van der Waals surface area contributed by atoms with Crippen LogP contribution in [0, 0.1) is 0 Å². The van der Waals surface area contributed by atoms with Gasteiger partial charge in [0.2, 0.25) is 0 Å². The highest BCUT2D eigenvalue weighted by Crippen LogP contribution is 2.16. The Morgan fingerprint density at radius 2 is 1.68 bits per heavy atom. The van der Waals surface area contributed by atoms with Crippen LogP contribution in [0.1, 0.15) is 16.8 Å². The van der Waals surface area contributed by atoms with E-state index in [4.69, 9.17) is 11.6 Å². The van der Waals surface area contributed by atoms with Crippen LogP contribution in [0.5, 0.6) is 0 Å². The summed E-state index contributed by atoms with van der Waals surface area (Å²) in [5, 5.41) is 0.451. The van der Waals surface area contributed by atoms with Crippen molar-refractivity contribution in [3.8, 4) is 0 Å². The van der Waals surface area contributed by atoms with E-state index in [-0.39, 0.29) is 0 Å². The van der Waals surface area contributed by atoms with E-state index < -0.39 is 0 Å². The normalized spacial score (nSPS) is 15.8. The highest BCUT2D eigenvalue weighted by molar-refractivity contribution is 6.29. The van der Waals surface area contributed by atoms with Crippen LogP contribution >= 0.6 is 11.6 Å². The predicted molar refractivity (Wildman–Crippen MR) is 76.2 cm³/mol. The van der Waals surface area contributed by atoms with Gasteiger partial charge in [0.25, 0.3) is 0 Å². The summed E-state index contributed by atoms with van der Waals surface area (Å²) in [4.78, 5) is 10.8. The van der Waals surface area contributed by atoms with Crippen molar-refractivity contribution in [3.05, 3.63) is 58.6 Å². The van der Waals surface area contributed by atoms with Crippen molar-refractivity contribution < 1.29 is 0 Å². The van der Waals surface area contributed by atoms with E-state index in [0.29, 0.717) is 5.15 Å². The average molecular weight is 274 g/mol. The fraction of sp³-hybridized carbons (Fsp3) is 0.333. The molecule has 0 bridgehead atoms. The Balaban J connectivity index is 1.67. The Morgan fingerprint density at radius 1 is 1.00 bits per heavy atom. The summed E-state index contributed by atoms with van der Waals surface area (Å²) < 4.78 is 0. The third-order valence-electron chi connectivity index (χ3n) is 3.57. The van der Waals surface area contributed by atoms with Gasteiger partial charge in [-0.2, -0.15) is 0 Å². The Bertz CT molecular complexity index is 527.